The van der Waals surface area contributed by atoms with Gasteiger partial charge >= 0.3 is 0 Å². The predicted molar refractivity (Wildman–Crippen MR) is 84.8 cm³/mol. The van der Waals surface area contributed by atoms with Gasteiger partial charge in [-0.05, 0) is 53.4 Å². The molecule has 0 radical (unpaired) electrons. The first-order chi connectivity index (χ1) is 9.24. The van der Waals surface area contributed by atoms with Crippen LogP contribution < -0.4 is 10.5 Å². The quantitative estimate of drug-likeness (QED) is 0.655. The van der Waals surface area contributed by atoms with Crippen LogP contribution in [0.3, 0.4) is 0 Å². The summed E-state index contributed by atoms with van der Waals surface area (Å²) in [5, 5.41) is 0. The monoisotopic (exact) mass is 426 g/mol. The normalized spacial score (nSPS) is 11.6. The lowest BCUT2D eigenvalue weighted by molar-refractivity contribution is -0.118. The van der Waals surface area contributed by atoms with Crippen LogP contribution in [0.5, 0.6) is 0 Å². The van der Waals surface area contributed by atoms with Crippen molar-refractivity contribution in [3.8, 4) is 0 Å². The minimum absolute atomic E-state index is 0.185. The molecule has 3 N–H and O–H groups in total. The Labute approximate surface area is 135 Å². The van der Waals surface area contributed by atoms with Crippen LogP contribution in [0.15, 0.2) is 26.0 Å². The minimum atomic E-state index is -3.57. The molecule has 1 aromatic rings. The molecule has 0 aliphatic heterocycles. The number of carbonyl (C=O) groups excluding carboxylic acids is 1. The zero-order valence-electron chi connectivity index (χ0n) is 10.9. The molecule has 0 unspecified atom stereocenters. The molecule has 0 aliphatic rings. The maximum Gasteiger partial charge on any atom is 0.241 e. The molecule has 1 aromatic carbocycles. The largest absolute Gasteiger partial charge is 0.370 e. The Hall–Kier alpha value is -0.440. The number of halogens is 2. The van der Waals surface area contributed by atoms with Gasteiger partial charge in [0.1, 0.15) is 0 Å². The molecule has 0 fully saturated rings. The van der Waals surface area contributed by atoms with E-state index in [-0.39, 0.29) is 23.8 Å². The molecule has 0 saturated heterocycles. The predicted octanol–water partition coefficient (Wildman–Crippen LogP) is 2.45. The van der Waals surface area contributed by atoms with Crippen molar-refractivity contribution < 1.29 is 13.2 Å². The average molecular weight is 428 g/mol. The molecule has 0 aromatic heterocycles. The summed E-state index contributed by atoms with van der Waals surface area (Å²) in [5.41, 5.74) is 5.96. The molecule has 0 atom stereocenters. The summed E-state index contributed by atoms with van der Waals surface area (Å²) in [4.78, 5) is 10.8. The highest BCUT2D eigenvalue weighted by Crippen LogP contribution is 2.28. The van der Waals surface area contributed by atoms with E-state index in [2.05, 4.69) is 36.6 Å². The number of hydrogen-bond acceptors (Lipinski definition) is 3. The molecule has 0 heterocycles. The van der Waals surface area contributed by atoms with Gasteiger partial charge in [-0.2, -0.15) is 0 Å². The maximum atomic E-state index is 12.2. The fourth-order valence-corrected chi connectivity index (χ4v) is 4.29. The van der Waals surface area contributed by atoms with Crippen LogP contribution in [-0.4, -0.2) is 20.9 Å². The minimum Gasteiger partial charge on any atom is -0.370 e. The Morgan fingerprint density at radius 2 is 1.90 bits per heavy atom. The number of amides is 1. The van der Waals surface area contributed by atoms with Crippen LogP contribution in [0, 0.1) is 6.92 Å². The summed E-state index contributed by atoms with van der Waals surface area (Å²) >= 11 is 6.57. The first kappa shape index (κ1) is 17.6. The van der Waals surface area contributed by atoms with Gasteiger partial charge in [0.2, 0.25) is 15.9 Å². The number of aryl methyl sites for hydroxylation is 1. The van der Waals surface area contributed by atoms with E-state index in [0.717, 1.165) is 10.0 Å². The smallest absolute Gasteiger partial charge is 0.241 e. The number of primary amides is 1. The van der Waals surface area contributed by atoms with Crippen LogP contribution in [0.2, 0.25) is 0 Å². The highest BCUT2D eigenvalue weighted by molar-refractivity contribution is 9.11. The molecular formula is C12H16Br2N2O3S. The Balaban J connectivity index is 2.70. The lowest BCUT2D eigenvalue weighted by atomic mass is 10.2. The van der Waals surface area contributed by atoms with Gasteiger partial charge in [0.05, 0.1) is 4.90 Å². The van der Waals surface area contributed by atoms with Crippen molar-refractivity contribution in [3.63, 3.8) is 0 Å². The molecule has 5 nitrogen and oxygen atoms in total. The van der Waals surface area contributed by atoms with Crippen LogP contribution >= 0.6 is 31.9 Å². The second kappa shape index (κ2) is 7.53. The van der Waals surface area contributed by atoms with Crippen molar-refractivity contribution >= 4 is 47.8 Å². The van der Waals surface area contributed by atoms with Gasteiger partial charge in [-0.15, -0.1) is 0 Å². The molecule has 20 heavy (non-hydrogen) atoms. The number of nitrogens with two attached hydrogens (primary N) is 1. The number of rotatable bonds is 7. The van der Waals surface area contributed by atoms with Crippen molar-refractivity contribution in [2.75, 3.05) is 6.54 Å². The SMILES string of the molecule is Cc1cc(Br)c(S(=O)(=O)NCCCCC(N)=O)cc1Br. The number of hydrogen-bond donors (Lipinski definition) is 2. The molecule has 1 amide bonds. The van der Waals surface area contributed by atoms with Crippen LogP contribution in [0.25, 0.3) is 0 Å². The van der Waals surface area contributed by atoms with E-state index >= 15 is 0 Å². The van der Waals surface area contributed by atoms with E-state index in [1.54, 1.807) is 12.1 Å². The summed E-state index contributed by atoms with van der Waals surface area (Å²) in [5.74, 6) is -0.377. The molecule has 1 rings (SSSR count). The third-order valence-electron chi connectivity index (χ3n) is 2.64. The Bertz CT molecular complexity index is 603. The first-order valence-electron chi connectivity index (χ1n) is 5.97. The van der Waals surface area contributed by atoms with E-state index in [1.807, 2.05) is 6.92 Å². The van der Waals surface area contributed by atoms with Crippen molar-refractivity contribution in [2.45, 2.75) is 31.1 Å². The summed E-state index contributed by atoms with van der Waals surface area (Å²) in [6.07, 6.45) is 1.39. The Morgan fingerprint density at radius 3 is 2.50 bits per heavy atom. The van der Waals surface area contributed by atoms with E-state index in [9.17, 15) is 13.2 Å². The Kier molecular flexibility index (Phi) is 6.63. The highest BCUT2D eigenvalue weighted by atomic mass is 79.9. The molecule has 0 bridgehead atoms. The van der Waals surface area contributed by atoms with Gasteiger partial charge in [0.25, 0.3) is 0 Å². The fraction of sp³-hybridized carbons (Fsp3) is 0.417. The van der Waals surface area contributed by atoms with Crippen molar-refractivity contribution in [2.24, 2.45) is 5.73 Å². The van der Waals surface area contributed by atoms with Crippen molar-refractivity contribution in [1.29, 1.82) is 0 Å². The summed E-state index contributed by atoms with van der Waals surface area (Å²) in [7, 11) is -3.57. The molecule has 0 aliphatic carbocycles. The zero-order chi connectivity index (χ0) is 15.3. The lowest BCUT2D eigenvalue weighted by Crippen LogP contribution is -2.25. The topological polar surface area (TPSA) is 89.3 Å². The third kappa shape index (κ3) is 5.16. The number of unbranched alkanes of at least 4 members (excludes halogenated alkanes) is 1. The summed E-state index contributed by atoms with van der Waals surface area (Å²) in [6.45, 7) is 2.15. The van der Waals surface area contributed by atoms with Crippen LogP contribution in [0.1, 0.15) is 24.8 Å². The number of nitrogens with one attached hydrogen (secondary N) is 1. The standard InChI is InChI=1S/C12H16Br2N2O3S/c1-8-6-10(14)11(7-9(8)13)20(18,19)16-5-3-2-4-12(15)17/h6-7,16H,2-5H2,1H3,(H2,15,17). The van der Waals surface area contributed by atoms with Crippen LogP contribution in [0.4, 0.5) is 0 Å². The van der Waals surface area contributed by atoms with Crippen molar-refractivity contribution in [3.05, 3.63) is 26.6 Å². The van der Waals surface area contributed by atoms with Gasteiger partial charge < -0.3 is 5.73 Å². The third-order valence-corrected chi connectivity index (χ3v) is 5.92. The number of benzene rings is 1. The number of sulfonamides is 1. The average Bonchev–Trinajstić information content (AvgIpc) is 2.32. The first-order valence-corrected chi connectivity index (χ1v) is 9.04. The summed E-state index contributed by atoms with van der Waals surface area (Å²) in [6, 6.07) is 3.30. The fourth-order valence-electron chi connectivity index (χ4n) is 1.54. The second-order valence-electron chi connectivity index (χ2n) is 4.35. The highest BCUT2D eigenvalue weighted by Gasteiger charge is 2.18. The Morgan fingerprint density at radius 1 is 1.25 bits per heavy atom. The van der Waals surface area contributed by atoms with E-state index in [0.29, 0.717) is 17.3 Å². The summed E-state index contributed by atoms with van der Waals surface area (Å²) < 4.78 is 28.1. The van der Waals surface area contributed by atoms with E-state index < -0.39 is 10.0 Å². The van der Waals surface area contributed by atoms with E-state index in [4.69, 9.17) is 5.73 Å². The van der Waals surface area contributed by atoms with Gasteiger partial charge in [-0.3, -0.25) is 4.79 Å². The number of carbonyl (C=O) groups is 1. The molecular weight excluding hydrogens is 412 g/mol. The van der Waals surface area contributed by atoms with Crippen LogP contribution in [-0.2, 0) is 14.8 Å². The van der Waals surface area contributed by atoms with Crippen molar-refractivity contribution in [1.82, 2.24) is 4.72 Å². The van der Waals surface area contributed by atoms with Gasteiger partial charge in [-0.25, -0.2) is 13.1 Å². The zero-order valence-corrected chi connectivity index (χ0v) is 14.9. The van der Waals surface area contributed by atoms with E-state index in [1.165, 1.54) is 0 Å². The van der Waals surface area contributed by atoms with Gasteiger partial charge in [0, 0.05) is 21.9 Å². The molecule has 8 heteroatoms. The van der Waals surface area contributed by atoms with Gasteiger partial charge in [-0.1, -0.05) is 15.9 Å². The lowest BCUT2D eigenvalue weighted by Gasteiger charge is -2.10. The molecule has 0 spiro atoms. The second-order valence-corrected chi connectivity index (χ2v) is 7.80. The molecule has 112 valence electrons. The van der Waals surface area contributed by atoms with Gasteiger partial charge in [0.15, 0.2) is 0 Å². The molecule has 0 saturated carbocycles. The maximum absolute atomic E-state index is 12.2.